The van der Waals surface area contributed by atoms with Gasteiger partial charge in [0.05, 0.1) is 12.0 Å². The Morgan fingerprint density at radius 1 is 0.949 bits per heavy atom. The minimum Gasteiger partial charge on any atom is -0.497 e. The van der Waals surface area contributed by atoms with Gasteiger partial charge in [0.15, 0.2) is 6.61 Å². The second-order valence-electron chi connectivity index (χ2n) is 8.71. The highest BCUT2D eigenvalue weighted by Crippen LogP contribution is 2.20. The number of amides is 2. The Bertz CT molecular complexity index is 1350. The van der Waals surface area contributed by atoms with Crippen LogP contribution in [0.25, 0.3) is 0 Å². The minimum absolute atomic E-state index is 0.0344. The predicted molar refractivity (Wildman–Crippen MR) is 145 cm³/mol. The van der Waals surface area contributed by atoms with Gasteiger partial charge >= 0.3 is 0 Å². The number of methoxy groups -OCH3 is 1. The van der Waals surface area contributed by atoms with Crippen molar-refractivity contribution in [2.45, 2.75) is 37.8 Å². The van der Waals surface area contributed by atoms with Crippen LogP contribution in [-0.4, -0.2) is 51.4 Å². The van der Waals surface area contributed by atoms with E-state index in [1.165, 1.54) is 41.3 Å². The van der Waals surface area contributed by atoms with Gasteiger partial charge in [0.2, 0.25) is 5.91 Å². The van der Waals surface area contributed by atoms with Crippen molar-refractivity contribution in [2.75, 3.05) is 25.0 Å². The number of halogens is 1. The fraction of sp³-hybridized carbons (Fsp3) is 0.286. The number of anilines is 1. The van der Waals surface area contributed by atoms with Crippen LogP contribution in [0, 0.1) is 5.82 Å². The Morgan fingerprint density at radius 3 is 2.15 bits per heavy atom. The largest absolute Gasteiger partial charge is 0.497 e. The van der Waals surface area contributed by atoms with Crippen molar-refractivity contribution in [2.24, 2.45) is 0 Å². The van der Waals surface area contributed by atoms with E-state index in [1.807, 2.05) is 19.1 Å². The molecular weight excluding hydrogens is 525 g/mol. The molecule has 3 aromatic carbocycles. The fourth-order valence-electron chi connectivity index (χ4n) is 3.58. The number of carbonyl (C=O) groups is 2. The molecule has 1 atom stereocenters. The summed E-state index contributed by atoms with van der Waals surface area (Å²) in [7, 11) is -2.35. The number of ether oxygens (including phenoxy) is 2. The quantitative estimate of drug-likeness (QED) is 0.329. The molecule has 9 nitrogen and oxygen atoms in total. The van der Waals surface area contributed by atoms with E-state index in [4.69, 9.17) is 9.47 Å². The maximum atomic E-state index is 13.2. The number of benzene rings is 3. The summed E-state index contributed by atoms with van der Waals surface area (Å²) in [4.78, 5) is 27.2. The summed E-state index contributed by atoms with van der Waals surface area (Å²) < 4.78 is 51.5. The lowest BCUT2D eigenvalue weighted by atomic mass is 10.1. The van der Waals surface area contributed by atoms with Crippen LogP contribution < -0.4 is 19.5 Å². The molecule has 0 spiro atoms. The number of rotatable bonds is 13. The second-order valence-corrected chi connectivity index (χ2v) is 10.4. The Hall–Kier alpha value is -4.12. The highest BCUT2D eigenvalue weighted by molar-refractivity contribution is 7.92. The smallest absolute Gasteiger partial charge is 0.261 e. The lowest BCUT2D eigenvalue weighted by molar-refractivity contribution is -0.142. The molecule has 2 amide bonds. The van der Waals surface area contributed by atoms with Gasteiger partial charge in [0.1, 0.15) is 23.4 Å². The van der Waals surface area contributed by atoms with Crippen molar-refractivity contribution >= 4 is 27.5 Å². The molecule has 0 aliphatic carbocycles. The lowest BCUT2D eigenvalue weighted by Crippen LogP contribution is -2.49. The monoisotopic (exact) mass is 557 g/mol. The average molecular weight is 558 g/mol. The Morgan fingerprint density at radius 2 is 1.56 bits per heavy atom. The molecule has 0 radical (unpaired) electrons. The first-order chi connectivity index (χ1) is 18.6. The van der Waals surface area contributed by atoms with E-state index in [-0.39, 0.29) is 35.4 Å². The van der Waals surface area contributed by atoms with Crippen molar-refractivity contribution < 1.29 is 31.9 Å². The molecule has 11 heteroatoms. The zero-order chi connectivity index (χ0) is 28.4. The molecule has 0 bridgehead atoms. The third-order valence-corrected chi connectivity index (χ3v) is 7.22. The highest BCUT2D eigenvalue weighted by atomic mass is 32.2. The van der Waals surface area contributed by atoms with E-state index < -0.39 is 27.8 Å². The fourth-order valence-corrected chi connectivity index (χ4v) is 4.64. The number of sulfonamides is 1. The molecule has 1 unspecified atom stereocenters. The van der Waals surface area contributed by atoms with Crippen LogP contribution in [0.1, 0.15) is 25.8 Å². The first-order valence-electron chi connectivity index (χ1n) is 12.3. The van der Waals surface area contributed by atoms with Gasteiger partial charge in [-0.2, -0.15) is 0 Å². The molecule has 0 saturated heterocycles. The standard InChI is InChI=1S/C28H32FN3O6S/c1-4-17-30-28(34)20(2)32(18-21-5-11-24(37-3)12-6-21)27(33)19-38-25-13-15-26(16-14-25)39(35,36)31-23-9-7-22(29)8-10-23/h5-16,20,31H,4,17-19H2,1-3H3,(H,30,34). The van der Waals surface area contributed by atoms with Gasteiger partial charge in [-0.15, -0.1) is 0 Å². The summed E-state index contributed by atoms with van der Waals surface area (Å²) in [6.07, 6.45) is 0.763. The lowest BCUT2D eigenvalue weighted by Gasteiger charge is -2.28. The molecule has 0 heterocycles. The zero-order valence-electron chi connectivity index (χ0n) is 22.0. The van der Waals surface area contributed by atoms with Gasteiger partial charge < -0.3 is 19.7 Å². The van der Waals surface area contributed by atoms with E-state index in [0.717, 1.165) is 24.1 Å². The number of nitrogens with zero attached hydrogens (tertiary/aromatic N) is 1. The Labute approximate surface area is 228 Å². The van der Waals surface area contributed by atoms with Gasteiger partial charge in [-0.3, -0.25) is 14.3 Å². The van der Waals surface area contributed by atoms with Crippen LogP contribution in [-0.2, 0) is 26.2 Å². The summed E-state index contributed by atoms with van der Waals surface area (Å²) in [5.74, 6) is -0.224. The van der Waals surface area contributed by atoms with Crippen molar-refractivity contribution in [3.63, 3.8) is 0 Å². The molecule has 2 N–H and O–H groups in total. The maximum Gasteiger partial charge on any atom is 0.261 e. The van der Waals surface area contributed by atoms with Crippen molar-refractivity contribution in [1.29, 1.82) is 0 Å². The van der Waals surface area contributed by atoms with E-state index in [0.29, 0.717) is 12.3 Å². The average Bonchev–Trinajstić information content (AvgIpc) is 2.94. The number of hydrogen-bond donors (Lipinski definition) is 2. The molecule has 208 valence electrons. The minimum atomic E-state index is -3.91. The maximum absolute atomic E-state index is 13.2. The molecule has 0 aliphatic rings. The van der Waals surface area contributed by atoms with Crippen LogP contribution in [0.2, 0.25) is 0 Å². The Kier molecular flexibility index (Phi) is 10.3. The van der Waals surface area contributed by atoms with E-state index >= 15 is 0 Å². The summed E-state index contributed by atoms with van der Waals surface area (Å²) >= 11 is 0. The van der Waals surface area contributed by atoms with Gasteiger partial charge in [-0.25, -0.2) is 12.8 Å². The summed E-state index contributed by atoms with van der Waals surface area (Å²) in [6, 6.07) is 16.9. The number of nitrogens with one attached hydrogen (secondary N) is 2. The zero-order valence-corrected chi connectivity index (χ0v) is 22.8. The van der Waals surface area contributed by atoms with Gasteiger partial charge in [-0.1, -0.05) is 19.1 Å². The first kappa shape index (κ1) is 29.4. The van der Waals surface area contributed by atoms with E-state index in [1.54, 1.807) is 26.2 Å². The van der Waals surface area contributed by atoms with Crippen molar-refractivity contribution in [3.8, 4) is 11.5 Å². The molecule has 0 fully saturated rings. The molecule has 3 aromatic rings. The number of hydrogen-bond acceptors (Lipinski definition) is 6. The second kappa shape index (κ2) is 13.6. The van der Waals surface area contributed by atoms with Crippen molar-refractivity contribution in [3.05, 3.63) is 84.2 Å². The predicted octanol–water partition coefficient (Wildman–Crippen LogP) is 3.96. The summed E-state index contributed by atoms with van der Waals surface area (Å²) in [5.41, 5.74) is 1.03. The van der Waals surface area contributed by atoms with Crippen LogP contribution in [0.5, 0.6) is 11.5 Å². The van der Waals surface area contributed by atoms with E-state index in [2.05, 4.69) is 10.0 Å². The van der Waals surface area contributed by atoms with Crippen LogP contribution in [0.4, 0.5) is 10.1 Å². The normalized spacial score (nSPS) is 11.8. The van der Waals surface area contributed by atoms with Crippen LogP contribution >= 0.6 is 0 Å². The molecule has 0 aliphatic heterocycles. The Balaban J connectivity index is 1.68. The molecule has 0 aromatic heterocycles. The van der Waals surface area contributed by atoms with Gasteiger partial charge in [-0.05, 0) is 79.6 Å². The van der Waals surface area contributed by atoms with Crippen LogP contribution in [0.15, 0.2) is 77.7 Å². The van der Waals surface area contributed by atoms with Crippen molar-refractivity contribution in [1.82, 2.24) is 10.2 Å². The highest BCUT2D eigenvalue weighted by Gasteiger charge is 2.26. The van der Waals surface area contributed by atoms with Crippen LogP contribution in [0.3, 0.4) is 0 Å². The molecule has 39 heavy (non-hydrogen) atoms. The summed E-state index contributed by atoms with van der Waals surface area (Å²) in [6.45, 7) is 3.91. The van der Waals surface area contributed by atoms with Gasteiger partial charge in [0, 0.05) is 18.8 Å². The number of carbonyl (C=O) groups excluding carboxylic acids is 2. The summed E-state index contributed by atoms with van der Waals surface area (Å²) in [5, 5.41) is 2.81. The molecular formula is C28H32FN3O6S. The first-order valence-corrected chi connectivity index (χ1v) is 13.8. The van der Waals surface area contributed by atoms with E-state index in [9.17, 15) is 22.4 Å². The SMILES string of the molecule is CCCNC(=O)C(C)N(Cc1ccc(OC)cc1)C(=O)COc1ccc(S(=O)(=O)Nc2ccc(F)cc2)cc1. The third kappa shape index (κ3) is 8.44. The topological polar surface area (TPSA) is 114 Å². The third-order valence-electron chi connectivity index (χ3n) is 5.82. The molecule has 3 rings (SSSR count). The van der Waals surface area contributed by atoms with Gasteiger partial charge in [0.25, 0.3) is 15.9 Å². The molecule has 0 saturated carbocycles.